The molecule has 4 rings (SSSR count). The molecule has 1 fully saturated rings. The number of benzene rings is 2. The van der Waals surface area contributed by atoms with Crippen molar-refractivity contribution in [2.24, 2.45) is 5.92 Å². The standard InChI is InChI=1S/C24H30FN3O3S/c1-18-17-20-5-2-3-6-23(20)28(18)14-4-13-26-24(29)19-11-15-27(16-12-19)32(30,31)22-9-7-21(25)8-10-22/h2-3,5-10,18-19H,4,11-17H2,1H3,(H,26,29)/t18-/m1/s1. The van der Waals surface area contributed by atoms with Crippen molar-refractivity contribution in [1.29, 1.82) is 0 Å². The van der Waals surface area contributed by atoms with Crippen molar-refractivity contribution >= 4 is 21.6 Å². The van der Waals surface area contributed by atoms with Crippen LogP contribution in [-0.4, -0.2) is 50.9 Å². The van der Waals surface area contributed by atoms with E-state index in [1.165, 1.54) is 27.7 Å². The second kappa shape index (κ2) is 9.58. The summed E-state index contributed by atoms with van der Waals surface area (Å²) < 4.78 is 39.9. The van der Waals surface area contributed by atoms with E-state index in [2.05, 4.69) is 41.4 Å². The lowest BCUT2D eigenvalue weighted by atomic mass is 9.97. The van der Waals surface area contributed by atoms with Gasteiger partial charge < -0.3 is 10.2 Å². The largest absolute Gasteiger partial charge is 0.368 e. The molecule has 0 bridgehead atoms. The van der Waals surface area contributed by atoms with Crippen LogP contribution in [0.5, 0.6) is 0 Å². The SMILES string of the molecule is C[C@@H]1Cc2ccccc2N1CCCNC(=O)C1CCN(S(=O)(=O)c2ccc(F)cc2)CC1. The van der Waals surface area contributed by atoms with Gasteiger partial charge in [0, 0.05) is 43.8 Å². The van der Waals surface area contributed by atoms with E-state index in [4.69, 9.17) is 0 Å². The minimum Gasteiger partial charge on any atom is -0.368 e. The molecule has 2 heterocycles. The second-order valence-electron chi connectivity index (χ2n) is 8.65. The molecule has 2 aliphatic rings. The maximum absolute atomic E-state index is 13.1. The molecule has 0 spiro atoms. The molecular formula is C24H30FN3O3S. The number of hydrogen-bond acceptors (Lipinski definition) is 4. The molecule has 0 radical (unpaired) electrons. The third-order valence-corrected chi connectivity index (χ3v) is 8.41. The fraction of sp³-hybridized carbons (Fsp3) is 0.458. The summed E-state index contributed by atoms with van der Waals surface area (Å²) >= 11 is 0. The smallest absolute Gasteiger partial charge is 0.243 e. The second-order valence-corrected chi connectivity index (χ2v) is 10.6. The minimum atomic E-state index is -3.66. The van der Waals surface area contributed by atoms with Crippen LogP contribution >= 0.6 is 0 Å². The van der Waals surface area contributed by atoms with Crippen molar-refractivity contribution in [3.05, 3.63) is 59.9 Å². The van der Waals surface area contributed by atoms with Crippen molar-refractivity contribution in [2.75, 3.05) is 31.1 Å². The maximum atomic E-state index is 13.1. The average molecular weight is 460 g/mol. The number of piperidine rings is 1. The zero-order valence-corrected chi connectivity index (χ0v) is 19.2. The summed E-state index contributed by atoms with van der Waals surface area (Å²) in [7, 11) is -3.66. The Morgan fingerprint density at radius 3 is 2.50 bits per heavy atom. The van der Waals surface area contributed by atoms with Crippen LogP contribution in [0.4, 0.5) is 10.1 Å². The summed E-state index contributed by atoms with van der Waals surface area (Å²) in [4.78, 5) is 15.1. The number of carbonyl (C=O) groups is 1. The van der Waals surface area contributed by atoms with E-state index in [1.807, 2.05) is 0 Å². The monoisotopic (exact) mass is 459 g/mol. The molecular weight excluding hydrogens is 429 g/mol. The van der Waals surface area contributed by atoms with Gasteiger partial charge in [-0.05, 0) is 68.5 Å². The number of hydrogen-bond donors (Lipinski definition) is 1. The zero-order chi connectivity index (χ0) is 22.7. The van der Waals surface area contributed by atoms with Crippen LogP contribution < -0.4 is 10.2 Å². The minimum absolute atomic E-state index is 0.00120. The summed E-state index contributed by atoms with van der Waals surface area (Å²) in [5, 5.41) is 3.03. The highest BCUT2D eigenvalue weighted by Crippen LogP contribution is 2.31. The molecule has 2 aromatic rings. The Balaban J connectivity index is 1.22. The topological polar surface area (TPSA) is 69.7 Å². The maximum Gasteiger partial charge on any atom is 0.243 e. The molecule has 1 N–H and O–H groups in total. The number of anilines is 1. The predicted molar refractivity (Wildman–Crippen MR) is 122 cm³/mol. The number of carbonyl (C=O) groups excluding carboxylic acids is 1. The number of nitrogens with one attached hydrogen (secondary N) is 1. The molecule has 6 nitrogen and oxygen atoms in total. The van der Waals surface area contributed by atoms with Crippen LogP contribution in [0, 0.1) is 11.7 Å². The van der Waals surface area contributed by atoms with Crippen LogP contribution in [0.15, 0.2) is 53.4 Å². The number of nitrogens with zero attached hydrogens (tertiary/aromatic N) is 2. The van der Waals surface area contributed by atoms with Gasteiger partial charge >= 0.3 is 0 Å². The van der Waals surface area contributed by atoms with Gasteiger partial charge in [0.15, 0.2) is 0 Å². The number of rotatable bonds is 7. The molecule has 172 valence electrons. The number of fused-ring (bicyclic) bond motifs is 1. The van der Waals surface area contributed by atoms with E-state index in [-0.39, 0.29) is 16.7 Å². The van der Waals surface area contributed by atoms with Gasteiger partial charge in [0.25, 0.3) is 0 Å². The van der Waals surface area contributed by atoms with Gasteiger partial charge in [-0.3, -0.25) is 4.79 Å². The van der Waals surface area contributed by atoms with Gasteiger partial charge in [0.05, 0.1) is 4.90 Å². The lowest BCUT2D eigenvalue weighted by Gasteiger charge is -2.30. The zero-order valence-electron chi connectivity index (χ0n) is 18.3. The van der Waals surface area contributed by atoms with Crippen LogP contribution in [0.2, 0.25) is 0 Å². The Kier molecular flexibility index (Phi) is 6.81. The molecule has 0 saturated carbocycles. The van der Waals surface area contributed by atoms with Crippen LogP contribution in [0.25, 0.3) is 0 Å². The Morgan fingerprint density at radius 1 is 1.09 bits per heavy atom. The van der Waals surface area contributed by atoms with Crippen molar-refractivity contribution in [2.45, 2.75) is 43.5 Å². The average Bonchev–Trinajstić information content (AvgIpc) is 3.12. The highest BCUT2D eigenvalue weighted by atomic mass is 32.2. The summed E-state index contributed by atoms with van der Waals surface area (Å²) in [6, 6.07) is 13.8. The first-order valence-electron chi connectivity index (χ1n) is 11.2. The molecule has 1 atom stereocenters. The highest BCUT2D eigenvalue weighted by Gasteiger charge is 2.32. The number of amides is 1. The molecule has 0 aliphatic carbocycles. The lowest BCUT2D eigenvalue weighted by Crippen LogP contribution is -2.43. The summed E-state index contributed by atoms with van der Waals surface area (Å²) in [6.07, 6.45) is 2.90. The van der Waals surface area contributed by atoms with Gasteiger partial charge in [-0.15, -0.1) is 0 Å². The van der Waals surface area contributed by atoms with Crippen molar-refractivity contribution in [3.63, 3.8) is 0 Å². The molecule has 32 heavy (non-hydrogen) atoms. The Hall–Kier alpha value is -2.45. The number of para-hydroxylation sites is 1. The number of halogens is 1. The van der Waals surface area contributed by atoms with E-state index in [9.17, 15) is 17.6 Å². The molecule has 1 saturated heterocycles. The molecule has 0 aromatic heterocycles. The van der Waals surface area contributed by atoms with Crippen LogP contribution in [-0.2, 0) is 21.2 Å². The Labute approximate surface area is 189 Å². The first-order chi connectivity index (χ1) is 15.4. The third kappa shape index (κ3) is 4.81. The van der Waals surface area contributed by atoms with E-state index < -0.39 is 15.8 Å². The Bertz CT molecular complexity index is 1050. The first kappa shape index (κ1) is 22.7. The summed E-state index contributed by atoms with van der Waals surface area (Å²) in [5.41, 5.74) is 2.67. The molecule has 8 heteroatoms. The van der Waals surface area contributed by atoms with Crippen LogP contribution in [0.3, 0.4) is 0 Å². The van der Waals surface area contributed by atoms with Crippen LogP contribution in [0.1, 0.15) is 31.7 Å². The normalized spacial score (nSPS) is 19.7. The third-order valence-electron chi connectivity index (χ3n) is 6.50. The van der Waals surface area contributed by atoms with E-state index in [0.29, 0.717) is 38.5 Å². The van der Waals surface area contributed by atoms with E-state index in [0.717, 1.165) is 31.5 Å². The van der Waals surface area contributed by atoms with Gasteiger partial charge in [0.2, 0.25) is 15.9 Å². The highest BCUT2D eigenvalue weighted by molar-refractivity contribution is 7.89. The molecule has 0 unspecified atom stereocenters. The van der Waals surface area contributed by atoms with Crippen molar-refractivity contribution in [3.8, 4) is 0 Å². The van der Waals surface area contributed by atoms with E-state index >= 15 is 0 Å². The molecule has 1 amide bonds. The van der Waals surface area contributed by atoms with Gasteiger partial charge in [-0.1, -0.05) is 18.2 Å². The fourth-order valence-corrected chi connectivity index (χ4v) is 6.16. The summed E-state index contributed by atoms with van der Waals surface area (Å²) in [5.74, 6) is -0.650. The fourth-order valence-electron chi connectivity index (χ4n) is 4.69. The van der Waals surface area contributed by atoms with Gasteiger partial charge in [-0.25, -0.2) is 12.8 Å². The lowest BCUT2D eigenvalue weighted by molar-refractivity contribution is -0.126. The van der Waals surface area contributed by atoms with Crippen molar-refractivity contribution in [1.82, 2.24) is 9.62 Å². The van der Waals surface area contributed by atoms with E-state index in [1.54, 1.807) is 0 Å². The van der Waals surface area contributed by atoms with Crippen molar-refractivity contribution < 1.29 is 17.6 Å². The quantitative estimate of drug-likeness (QED) is 0.646. The number of sulfonamides is 1. The van der Waals surface area contributed by atoms with Gasteiger partial charge in [-0.2, -0.15) is 4.31 Å². The molecule has 2 aromatic carbocycles. The Morgan fingerprint density at radius 2 is 1.78 bits per heavy atom. The predicted octanol–water partition coefficient (Wildman–Crippen LogP) is 3.18. The van der Waals surface area contributed by atoms with Gasteiger partial charge in [0.1, 0.15) is 5.82 Å². The summed E-state index contributed by atoms with van der Waals surface area (Å²) in [6.45, 7) is 4.32. The first-order valence-corrected chi connectivity index (χ1v) is 12.7. The molecule has 2 aliphatic heterocycles.